The van der Waals surface area contributed by atoms with Crippen LogP contribution >= 0.6 is 0 Å². The number of hydrogen-bond donors (Lipinski definition) is 1. The van der Waals surface area contributed by atoms with E-state index in [0.29, 0.717) is 30.5 Å². The maximum Gasteiger partial charge on any atom is 0.0287 e. The van der Waals surface area contributed by atoms with Gasteiger partial charge in [0.05, 0.1) is 0 Å². The number of nitrogens with two attached hydrogens (primary N) is 1. The molecule has 1 aromatic rings. The first-order chi connectivity index (χ1) is 8.97. The first-order valence-corrected chi connectivity index (χ1v) is 7.48. The fraction of sp³-hybridized carbons (Fsp3) is 0.647. The van der Waals surface area contributed by atoms with Gasteiger partial charge in [-0.2, -0.15) is 0 Å². The molecular weight excluding hydrogens is 232 g/mol. The predicted molar refractivity (Wildman–Crippen MR) is 84.4 cm³/mol. The summed E-state index contributed by atoms with van der Waals surface area (Å²) >= 11 is 0. The molecule has 2 atom stereocenters. The maximum absolute atomic E-state index is 6.08. The largest absolute Gasteiger partial charge is 0.329 e. The van der Waals surface area contributed by atoms with Gasteiger partial charge in [-0.25, -0.2) is 0 Å². The van der Waals surface area contributed by atoms with Crippen molar-refractivity contribution in [2.75, 3.05) is 13.1 Å². The molecule has 2 heteroatoms. The Labute approximate surface area is 119 Å². The standard InChI is InChI=1S/C17H30N2/c1-13(2)12-19(14(3)4)17(11-18)15(5)16-9-7-6-8-10-16/h6-10,13-15,17H,11-12,18H2,1-5H3. The second-order valence-corrected chi connectivity index (χ2v) is 6.19. The first-order valence-electron chi connectivity index (χ1n) is 7.48. The average molecular weight is 262 g/mol. The predicted octanol–water partition coefficient (Wildman–Crippen LogP) is 3.48. The molecular formula is C17H30N2. The van der Waals surface area contributed by atoms with Gasteiger partial charge < -0.3 is 5.73 Å². The van der Waals surface area contributed by atoms with Gasteiger partial charge in [0.2, 0.25) is 0 Å². The van der Waals surface area contributed by atoms with Crippen LogP contribution < -0.4 is 5.73 Å². The Morgan fingerprint density at radius 3 is 2.00 bits per heavy atom. The maximum atomic E-state index is 6.08. The van der Waals surface area contributed by atoms with Crippen molar-refractivity contribution in [2.24, 2.45) is 11.7 Å². The smallest absolute Gasteiger partial charge is 0.0287 e. The molecule has 0 spiro atoms. The third kappa shape index (κ3) is 4.63. The summed E-state index contributed by atoms with van der Waals surface area (Å²) in [5, 5.41) is 0. The molecule has 2 nitrogen and oxygen atoms in total. The molecule has 0 amide bonds. The zero-order valence-corrected chi connectivity index (χ0v) is 13.1. The lowest BCUT2D eigenvalue weighted by atomic mass is 9.91. The van der Waals surface area contributed by atoms with E-state index in [1.54, 1.807) is 0 Å². The quantitative estimate of drug-likeness (QED) is 0.815. The molecule has 0 saturated heterocycles. The van der Waals surface area contributed by atoms with Gasteiger partial charge in [-0.15, -0.1) is 0 Å². The lowest BCUT2D eigenvalue weighted by Gasteiger charge is -2.39. The lowest BCUT2D eigenvalue weighted by molar-refractivity contribution is 0.122. The summed E-state index contributed by atoms with van der Waals surface area (Å²) in [6, 6.07) is 11.7. The Hall–Kier alpha value is -0.860. The van der Waals surface area contributed by atoms with Crippen LogP contribution in [-0.2, 0) is 0 Å². The molecule has 19 heavy (non-hydrogen) atoms. The Morgan fingerprint density at radius 1 is 1.00 bits per heavy atom. The molecule has 0 heterocycles. The van der Waals surface area contributed by atoms with Crippen molar-refractivity contribution in [3.8, 4) is 0 Å². The minimum atomic E-state index is 0.407. The molecule has 0 aromatic heterocycles. The van der Waals surface area contributed by atoms with Crippen molar-refractivity contribution in [3.05, 3.63) is 35.9 Å². The minimum absolute atomic E-state index is 0.407. The van der Waals surface area contributed by atoms with E-state index < -0.39 is 0 Å². The molecule has 0 saturated carbocycles. The van der Waals surface area contributed by atoms with E-state index in [-0.39, 0.29) is 0 Å². The van der Waals surface area contributed by atoms with Crippen molar-refractivity contribution in [2.45, 2.75) is 52.6 Å². The molecule has 0 radical (unpaired) electrons. The van der Waals surface area contributed by atoms with Crippen LogP contribution in [0.15, 0.2) is 30.3 Å². The van der Waals surface area contributed by atoms with E-state index in [9.17, 15) is 0 Å². The number of benzene rings is 1. The third-order valence-electron chi connectivity index (χ3n) is 3.81. The molecule has 2 N–H and O–H groups in total. The molecule has 0 aliphatic carbocycles. The fourth-order valence-corrected chi connectivity index (χ4v) is 2.76. The van der Waals surface area contributed by atoms with Gasteiger partial charge >= 0.3 is 0 Å². The van der Waals surface area contributed by atoms with Gasteiger partial charge in [0.1, 0.15) is 0 Å². The summed E-state index contributed by atoms with van der Waals surface area (Å²) < 4.78 is 0. The van der Waals surface area contributed by atoms with E-state index in [1.165, 1.54) is 5.56 Å². The van der Waals surface area contributed by atoms with Crippen molar-refractivity contribution in [1.29, 1.82) is 0 Å². The van der Waals surface area contributed by atoms with E-state index >= 15 is 0 Å². The fourth-order valence-electron chi connectivity index (χ4n) is 2.76. The zero-order valence-electron chi connectivity index (χ0n) is 13.1. The molecule has 0 aliphatic heterocycles. The van der Waals surface area contributed by atoms with Crippen molar-refractivity contribution in [3.63, 3.8) is 0 Å². The molecule has 0 bridgehead atoms. The van der Waals surface area contributed by atoms with Gasteiger partial charge in [0.25, 0.3) is 0 Å². The summed E-state index contributed by atoms with van der Waals surface area (Å²) in [6.45, 7) is 13.2. The zero-order chi connectivity index (χ0) is 14.4. The molecule has 1 rings (SSSR count). The molecule has 108 valence electrons. The van der Waals surface area contributed by atoms with Gasteiger partial charge in [0, 0.05) is 25.2 Å². The highest BCUT2D eigenvalue weighted by atomic mass is 15.2. The lowest BCUT2D eigenvalue weighted by Crippen LogP contribution is -2.49. The van der Waals surface area contributed by atoms with Crippen LogP contribution in [0.3, 0.4) is 0 Å². The molecule has 0 aliphatic rings. The molecule has 2 unspecified atom stereocenters. The van der Waals surface area contributed by atoms with E-state index in [4.69, 9.17) is 5.73 Å². The average Bonchev–Trinajstić information content (AvgIpc) is 2.38. The van der Waals surface area contributed by atoms with Gasteiger partial charge in [0.15, 0.2) is 0 Å². The monoisotopic (exact) mass is 262 g/mol. The second kappa shape index (κ2) is 7.66. The highest BCUT2D eigenvalue weighted by molar-refractivity contribution is 5.20. The number of rotatable bonds is 7. The Bertz CT molecular complexity index is 346. The third-order valence-corrected chi connectivity index (χ3v) is 3.81. The second-order valence-electron chi connectivity index (χ2n) is 6.19. The molecule has 0 fully saturated rings. The van der Waals surface area contributed by atoms with Crippen LogP contribution in [0.5, 0.6) is 0 Å². The Kier molecular flexibility index (Phi) is 6.53. The van der Waals surface area contributed by atoms with Gasteiger partial charge in [-0.05, 0) is 31.2 Å². The normalized spacial score (nSPS) is 15.2. The topological polar surface area (TPSA) is 29.3 Å². The van der Waals surface area contributed by atoms with Crippen LogP contribution in [0, 0.1) is 5.92 Å². The SMILES string of the molecule is CC(C)CN(C(C)C)C(CN)C(C)c1ccccc1. The number of hydrogen-bond acceptors (Lipinski definition) is 2. The summed E-state index contributed by atoms with van der Waals surface area (Å²) in [6.07, 6.45) is 0. The van der Waals surface area contributed by atoms with Crippen LogP contribution in [-0.4, -0.2) is 30.1 Å². The first kappa shape index (κ1) is 16.2. The summed E-state index contributed by atoms with van der Waals surface area (Å²) in [4.78, 5) is 2.56. The molecule has 1 aromatic carbocycles. The van der Waals surface area contributed by atoms with Crippen LogP contribution in [0.4, 0.5) is 0 Å². The Balaban J connectivity index is 2.90. The summed E-state index contributed by atoms with van der Waals surface area (Å²) in [7, 11) is 0. The highest BCUT2D eigenvalue weighted by Crippen LogP contribution is 2.24. The van der Waals surface area contributed by atoms with Crippen LogP contribution in [0.2, 0.25) is 0 Å². The van der Waals surface area contributed by atoms with Gasteiger partial charge in [-0.1, -0.05) is 51.1 Å². The van der Waals surface area contributed by atoms with Crippen molar-refractivity contribution >= 4 is 0 Å². The summed E-state index contributed by atoms with van der Waals surface area (Å²) in [5.74, 6) is 1.13. The highest BCUT2D eigenvalue weighted by Gasteiger charge is 2.26. The number of nitrogens with zero attached hydrogens (tertiary/aromatic N) is 1. The van der Waals surface area contributed by atoms with Crippen molar-refractivity contribution < 1.29 is 0 Å². The van der Waals surface area contributed by atoms with E-state index in [0.717, 1.165) is 6.54 Å². The minimum Gasteiger partial charge on any atom is -0.329 e. The van der Waals surface area contributed by atoms with Crippen LogP contribution in [0.1, 0.15) is 46.1 Å². The Morgan fingerprint density at radius 2 is 1.58 bits per heavy atom. The van der Waals surface area contributed by atoms with Crippen LogP contribution in [0.25, 0.3) is 0 Å². The van der Waals surface area contributed by atoms with Gasteiger partial charge in [-0.3, -0.25) is 4.90 Å². The van der Waals surface area contributed by atoms with Crippen molar-refractivity contribution in [1.82, 2.24) is 4.90 Å². The van der Waals surface area contributed by atoms with E-state index in [2.05, 4.69) is 69.9 Å². The van der Waals surface area contributed by atoms with E-state index in [1.807, 2.05) is 0 Å². The summed E-state index contributed by atoms with van der Waals surface area (Å²) in [5.41, 5.74) is 7.47.